The molecule has 0 saturated carbocycles. The highest BCUT2D eigenvalue weighted by Crippen LogP contribution is 2.07. The van der Waals surface area contributed by atoms with Crippen molar-refractivity contribution in [2.45, 2.75) is 6.42 Å². The van der Waals surface area contributed by atoms with Gasteiger partial charge in [-0.25, -0.2) is 9.59 Å². The summed E-state index contributed by atoms with van der Waals surface area (Å²) in [6.07, 6.45) is 0.747. The van der Waals surface area contributed by atoms with Crippen LogP contribution in [-0.2, 0) is 4.74 Å². The summed E-state index contributed by atoms with van der Waals surface area (Å²) in [5, 5.41) is 25.2. The van der Waals surface area contributed by atoms with E-state index in [0.29, 0.717) is 6.61 Å². The zero-order chi connectivity index (χ0) is 14.0. The molecule has 1 aromatic carbocycles. The first-order valence-corrected chi connectivity index (χ1v) is 5.20. The molecule has 18 heavy (non-hydrogen) atoms. The van der Waals surface area contributed by atoms with Gasteiger partial charge in [0.2, 0.25) is 0 Å². The van der Waals surface area contributed by atoms with Crippen molar-refractivity contribution in [2.75, 3.05) is 20.3 Å². The lowest BCUT2D eigenvalue weighted by Crippen LogP contribution is -2.06. The average Bonchev–Trinajstić information content (AvgIpc) is 2.37. The summed E-state index contributed by atoms with van der Waals surface area (Å²) in [5.41, 5.74) is -0.380. The monoisotopic (exact) mass is 256 g/mol. The average molecular weight is 256 g/mol. The van der Waals surface area contributed by atoms with Crippen LogP contribution in [0.5, 0.6) is 0 Å². The van der Waals surface area contributed by atoms with Gasteiger partial charge in [-0.1, -0.05) is 12.1 Å². The Morgan fingerprint density at radius 3 is 1.78 bits per heavy atom. The number of ether oxygens (including phenoxy) is 1. The molecule has 0 radical (unpaired) electrons. The van der Waals surface area contributed by atoms with Crippen molar-refractivity contribution in [3.63, 3.8) is 0 Å². The van der Waals surface area contributed by atoms with Crippen LogP contribution in [0.2, 0.25) is 0 Å². The van der Waals surface area contributed by atoms with Gasteiger partial charge in [-0.3, -0.25) is 0 Å². The minimum absolute atomic E-state index is 0.190. The number of hydrogen-bond acceptors (Lipinski definition) is 4. The molecular formula is C12H16O6. The Balaban J connectivity index is 0.000000411. The van der Waals surface area contributed by atoms with Crippen LogP contribution in [0.25, 0.3) is 0 Å². The van der Waals surface area contributed by atoms with E-state index in [0.717, 1.165) is 6.42 Å². The minimum Gasteiger partial charge on any atom is -0.478 e. The summed E-state index contributed by atoms with van der Waals surface area (Å²) < 4.78 is 4.62. The maximum Gasteiger partial charge on any atom is 0.336 e. The zero-order valence-electron chi connectivity index (χ0n) is 10.00. The summed E-state index contributed by atoms with van der Waals surface area (Å²) in [6.45, 7) is 0.893. The van der Waals surface area contributed by atoms with Crippen molar-refractivity contribution >= 4 is 11.9 Å². The lowest BCUT2D eigenvalue weighted by atomic mass is 10.1. The number of carbonyl (C=O) groups is 2. The summed E-state index contributed by atoms with van der Waals surface area (Å²) >= 11 is 0. The molecule has 6 heteroatoms. The van der Waals surface area contributed by atoms with E-state index in [9.17, 15) is 9.59 Å². The predicted molar refractivity (Wildman–Crippen MR) is 63.9 cm³/mol. The number of aliphatic hydroxyl groups excluding tert-OH is 1. The third-order valence-corrected chi connectivity index (χ3v) is 1.89. The Kier molecular flexibility index (Phi) is 8.17. The first-order chi connectivity index (χ1) is 8.54. The van der Waals surface area contributed by atoms with Crippen molar-refractivity contribution in [1.82, 2.24) is 0 Å². The highest BCUT2D eigenvalue weighted by Gasteiger charge is 2.13. The number of hydrogen-bond donors (Lipinski definition) is 3. The van der Waals surface area contributed by atoms with Crippen LogP contribution in [0.4, 0.5) is 0 Å². The van der Waals surface area contributed by atoms with Gasteiger partial charge >= 0.3 is 11.9 Å². The molecule has 0 saturated heterocycles. The van der Waals surface area contributed by atoms with Gasteiger partial charge in [0.25, 0.3) is 0 Å². The molecule has 0 spiro atoms. The summed E-state index contributed by atoms with van der Waals surface area (Å²) in [5.74, 6) is -2.46. The van der Waals surface area contributed by atoms with Crippen molar-refractivity contribution in [1.29, 1.82) is 0 Å². The van der Waals surface area contributed by atoms with E-state index in [2.05, 4.69) is 4.74 Å². The molecule has 1 rings (SSSR count). The first-order valence-electron chi connectivity index (χ1n) is 5.20. The van der Waals surface area contributed by atoms with E-state index in [4.69, 9.17) is 15.3 Å². The SMILES string of the molecule is COCCCO.O=C(O)c1ccccc1C(=O)O. The number of rotatable bonds is 5. The molecule has 0 bridgehead atoms. The van der Waals surface area contributed by atoms with E-state index < -0.39 is 11.9 Å². The molecular weight excluding hydrogens is 240 g/mol. The zero-order valence-corrected chi connectivity index (χ0v) is 10.00. The van der Waals surface area contributed by atoms with Crippen molar-refractivity contribution in [3.05, 3.63) is 35.4 Å². The second-order valence-electron chi connectivity index (χ2n) is 3.23. The normalized spacial score (nSPS) is 9.22. The topological polar surface area (TPSA) is 104 Å². The maximum atomic E-state index is 10.5. The lowest BCUT2D eigenvalue weighted by molar-refractivity contribution is 0.0651. The number of carboxylic acid groups (broad SMARTS) is 2. The van der Waals surface area contributed by atoms with E-state index in [1.807, 2.05) is 0 Å². The van der Waals surface area contributed by atoms with Crippen molar-refractivity contribution in [3.8, 4) is 0 Å². The van der Waals surface area contributed by atoms with Crippen LogP contribution in [0.3, 0.4) is 0 Å². The van der Waals surface area contributed by atoms with Gasteiger partial charge in [-0.05, 0) is 18.6 Å². The van der Waals surface area contributed by atoms with Crippen LogP contribution in [0.1, 0.15) is 27.1 Å². The highest BCUT2D eigenvalue weighted by molar-refractivity contribution is 6.01. The predicted octanol–water partition coefficient (Wildman–Crippen LogP) is 1.10. The number of aliphatic hydroxyl groups is 1. The van der Waals surface area contributed by atoms with E-state index in [1.54, 1.807) is 7.11 Å². The Hall–Kier alpha value is -1.92. The fourth-order valence-electron chi connectivity index (χ4n) is 1.06. The van der Waals surface area contributed by atoms with Crippen LogP contribution in [-0.4, -0.2) is 47.6 Å². The van der Waals surface area contributed by atoms with Gasteiger partial charge in [-0.15, -0.1) is 0 Å². The molecule has 1 aromatic rings. The maximum absolute atomic E-state index is 10.5. The lowest BCUT2D eigenvalue weighted by Gasteiger charge is -1.98. The summed E-state index contributed by atoms with van der Waals surface area (Å²) in [6, 6.07) is 5.48. The third kappa shape index (κ3) is 5.97. The van der Waals surface area contributed by atoms with Gasteiger partial charge in [0.05, 0.1) is 11.1 Å². The molecule has 0 heterocycles. The van der Waals surface area contributed by atoms with Gasteiger partial charge < -0.3 is 20.1 Å². The van der Waals surface area contributed by atoms with Gasteiger partial charge in [-0.2, -0.15) is 0 Å². The number of carboxylic acids is 2. The molecule has 0 fully saturated rings. The van der Waals surface area contributed by atoms with Crippen LogP contribution in [0, 0.1) is 0 Å². The van der Waals surface area contributed by atoms with Crippen LogP contribution < -0.4 is 0 Å². The molecule has 3 N–H and O–H groups in total. The third-order valence-electron chi connectivity index (χ3n) is 1.89. The van der Waals surface area contributed by atoms with Gasteiger partial charge in [0.1, 0.15) is 0 Å². The smallest absolute Gasteiger partial charge is 0.336 e. The summed E-state index contributed by atoms with van der Waals surface area (Å²) in [7, 11) is 1.62. The Bertz CT molecular complexity index is 351. The first kappa shape index (κ1) is 16.1. The minimum atomic E-state index is -1.23. The number of methoxy groups -OCH3 is 1. The number of benzene rings is 1. The molecule has 0 amide bonds. The largest absolute Gasteiger partial charge is 0.478 e. The molecule has 0 aliphatic rings. The Labute approximate surface area is 104 Å². The van der Waals surface area contributed by atoms with Crippen molar-refractivity contribution in [2.24, 2.45) is 0 Å². The van der Waals surface area contributed by atoms with E-state index >= 15 is 0 Å². The molecule has 6 nitrogen and oxygen atoms in total. The fourth-order valence-corrected chi connectivity index (χ4v) is 1.06. The second kappa shape index (κ2) is 9.15. The quantitative estimate of drug-likeness (QED) is 0.681. The van der Waals surface area contributed by atoms with Crippen LogP contribution in [0.15, 0.2) is 24.3 Å². The highest BCUT2D eigenvalue weighted by atomic mass is 16.5. The van der Waals surface area contributed by atoms with E-state index in [1.165, 1.54) is 24.3 Å². The van der Waals surface area contributed by atoms with Crippen molar-refractivity contribution < 1.29 is 29.6 Å². The van der Waals surface area contributed by atoms with Gasteiger partial charge in [0.15, 0.2) is 0 Å². The molecule has 0 aliphatic heterocycles. The molecule has 0 unspecified atom stereocenters. The molecule has 0 aliphatic carbocycles. The molecule has 0 aromatic heterocycles. The fraction of sp³-hybridized carbons (Fsp3) is 0.333. The Morgan fingerprint density at radius 1 is 1.11 bits per heavy atom. The standard InChI is InChI=1S/C8H6O4.C4H10O2/c9-7(10)5-3-1-2-4-6(5)8(11)12;1-6-4-2-3-5/h1-4H,(H,9,10)(H,11,12);5H,2-4H2,1H3. The molecule has 0 atom stereocenters. The summed E-state index contributed by atoms with van der Waals surface area (Å²) in [4.78, 5) is 20.9. The van der Waals surface area contributed by atoms with Gasteiger partial charge in [0, 0.05) is 20.3 Å². The van der Waals surface area contributed by atoms with Crippen LogP contribution >= 0.6 is 0 Å². The van der Waals surface area contributed by atoms with E-state index in [-0.39, 0.29) is 17.7 Å². The molecule has 100 valence electrons. The Morgan fingerprint density at radius 2 is 1.56 bits per heavy atom. The number of aromatic carboxylic acids is 2. The second-order valence-corrected chi connectivity index (χ2v) is 3.23.